The van der Waals surface area contributed by atoms with Crippen molar-refractivity contribution in [2.24, 2.45) is 16.8 Å². The van der Waals surface area contributed by atoms with Gasteiger partial charge < -0.3 is 15.0 Å². The molecule has 27 heavy (non-hydrogen) atoms. The number of carbonyl (C=O) groups is 1. The molecule has 0 spiro atoms. The number of nitrogens with one attached hydrogen (secondary N) is 1. The maximum Gasteiger partial charge on any atom is 0.401 e. The van der Waals surface area contributed by atoms with E-state index in [4.69, 9.17) is 4.74 Å². The Morgan fingerprint density at radius 2 is 1.89 bits per heavy atom. The van der Waals surface area contributed by atoms with Gasteiger partial charge in [-0.15, -0.1) is 24.0 Å². The normalized spacial score (nSPS) is 22.5. The van der Waals surface area contributed by atoms with Gasteiger partial charge >= 0.3 is 12.1 Å². The summed E-state index contributed by atoms with van der Waals surface area (Å²) in [6.07, 6.45) is -1.93. The number of guanidine groups is 1. The van der Waals surface area contributed by atoms with E-state index >= 15 is 0 Å². The highest BCUT2D eigenvalue weighted by Crippen LogP contribution is 2.23. The SMILES string of the molecule is CCOC(=O)C1CCN(C(=NC)NCC2CCN(CC(F)(F)F)C2)CC1.I. The highest BCUT2D eigenvalue weighted by atomic mass is 127. The molecule has 1 N–H and O–H groups in total. The molecule has 0 saturated carbocycles. The molecule has 2 fully saturated rings. The Hall–Kier alpha value is -0.780. The Bertz CT molecular complexity index is 497. The molecule has 2 aliphatic rings. The number of alkyl halides is 3. The first-order chi connectivity index (χ1) is 12.3. The number of hydrogen-bond donors (Lipinski definition) is 1. The van der Waals surface area contributed by atoms with Crippen LogP contribution in [-0.2, 0) is 9.53 Å². The van der Waals surface area contributed by atoms with Crippen molar-refractivity contribution in [2.45, 2.75) is 32.4 Å². The monoisotopic (exact) mass is 506 g/mol. The summed E-state index contributed by atoms with van der Waals surface area (Å²) in [5.74, 6) is 0.744. The number of likely N-dealkylation sites (tertiary alicyclic amines) is 2. The van der Waals surface area contributed by atoms with Crippen LogP contribution in [0.15, 0.2) is 4.99 Å². The summed E-state index contributed by atoms with van der Waals surface area (Å²) in [6, 6.07) is 0. The number of carbonyl (C=O) groups excluding carboxylic acids is 1. The number of hydrogen-bond acceptors (Lipinski definition) is 4. The minimum atomic E-state index is -4.14. The molecule has 0 aromatic carbocycles. The Kier molecular flexibility index (Phi) is 10.1. The molecule has 0 aromatic heterocycles. The molecule has 0 aliphatic carbocycles. The van der Waals surface area contributed by atoms with E-state index in [-0.39, 0.29) is 41.8 Å². The molecule has 0 amide bonds. The molecule has 0 bridgehead atoms. The van der Waals surface area contributed by atoms with Crippen LogP contribution in [0.3, 0.4) is 0 Å². The van der Waals surface area contributed by atoms with E-state index in [2.05, 4.69) is 15.2 Å². The largest absolute Gasteiger partial charge is 0.466 e. The average Bonchev–Trinajstić information content (AvgIpc) is 3.01. The number of ether oxygens (including phenoxy) is 1. The molecule has 1 unspecified atom stereocenters. The van der Waals surface area contributed by atoms with Gasteiger partial charge in [-0.25, -0.2) is 0 Å². The first-order valence-electron chi connectivity index (χ1n) is 9.23. The van der Waals surface area contributed by atoms with E-state index in [1.165, 1.54) is 4.90 Å². The van der Waals surface area contributed by atoms with Crippen LogP contribution in [0.4, 0.5) is 13.2 Å². The van der Waals surface area contributed by atoms with Gasteiger partial charge in [0.2, 0.25) is 0 Å². The van der Waals surface area contributed by atoms with Crippen LogP contribution in [0.5, 0.6) is 0 Å². The third-order valence-corrected chi connectivity index (χ3v) is 4.95. The number of rotatable bonds is 5. The Morgan fingerprint density at radius 1 is 1.22 bits per heavy atom. The molecule has 0 radical (unpaired) electrons. The molecule has 1 atom stereocenters. The van der Waals surface area contributed by atoms with Crippen molar-refractivity contribution in [1.82, 2.24) is 15.1 Å². The quantitative estimate of drug-likeness (QED) is 0.269. The zero-order valence-electron chi connectivity index (χ0n) is 15.9. The van der Waals surface area contributed by atoms with E-state index in [9.17, 15) is 18.0 Å². The molecule has 6 nitrogen and oxygen atoms in total. The summed E-state index contributed by atoms with van der Waals surface area (Å²) in [4.78, 5) is 19.6. The van der Waals surface area contributed by atoms with Gasteiger partial charge in [-0.2, -0.15) is 13.2 Å². The van der Waals surface area contributed by atoms with Crippen molar-refractivity contribution in [3.05, 3.63) is 0 Å². The lowest BCUT2D eigenvalue weighted by Crippen LogP contribution is -2.48. The fourth-order valence-electron chi connectivity index (χ4n) is 3.63. The molecule has 158 valence electrons. The van der Waals surface area contributed by atoms with Gasteiger partial charge in [0.15, 0.2) is 5.96 Å². The van der Waals surface area contributed by atoms with Crippen molar-refractivity contribution in [3.8, 4) is 0 Å². The van der Waals surface area contributed by atoms with Crippen LogP contribution >= 0.6 is 24.0 Å². The fraction of sp³-hybridized carbons (Fsp3) is 0.882. The van der Waals surface area contributed by atoms with E-state index in [1.807, 2.05) is 0 Å². The molecule has 10 heteroatoms. The van der Waals surface area contributed by atoms with Crippen LogP contribution in [0, 0.1) is 11.8 Å². The highest BCUT2D eigenvalue weighted by Gasteiger charge is 2.34. The number of esters is 1. The van der Waals surface area contributed by atoms with Gasteiger partial charge in [0.25, 0.3) is 0 Å². The Labute approximate surface area is 175 Å². The van der Waals surface area contributed by atoms with Gasteiger partial charge in [-0.05, 0) is 38.6 Å². The second-order valence-corrected chi connectivity index (χ2v) is 6.95. The maximum atomic E-state index is 12.5. The third-order valence-electron chi connectivity index (χ3n) is 4.95. The zero-order valence-corrected chi connectivity index (χ0v) is 18.3. The highest BCUT2D eigenvalue weighted by molar-refractivity contribution is 14.0. The lowest BCUT2D eigenvalue weighted by molar-refractivity contribution is -0.149. The summed E-state index contributed by atoms with van der Waals surface area (Å²) in [7, 11) is 1.70. The van der Waals surface area contributed by atoms with Crippen molar-refractivity contribution in [1.29, 1.82) is 0 Å². The fourth-order valence-corrected chi connectivity index (χ4v) is 3.63. The summed E-state index contributed by atoms with van der Waals surface area (Å²) in [6.45, 7) is 4.34. The maximum absolute atomic E-state index is 12.5. The Balaban J connectivity index is 0.00000364. The lowest BCUT2D eigenvalue weighted by Gasteiger charge is -2.33. The van der Waals surface area contributed by atoms with Crippen LogP contribution in [0.2, 0.25) is 0 Å². The van der Waals surface area contributed by atoms with Crippen molar-refractivity contribution < 1.29 is 22.7 Å². The van der Waals surface area contributed by atoms with Crippen molar-refractivity contribution >= 4 is 35.9 Å². The lowest BCUT2D eigenvalue weighted by atomic mass is 9.97. The zero-order chi connectivity index (χ0) is 19.2. The topological polar surface area (TPSA) is 57.2 Å². The summed E-state index contributed by atoms with van der Waals surface area (Å²) >= 11 is 0. The standard InChI is InChI=1S/C17H29F3N4O2.HI/c1-3-26-15(25)14-5-8-24(9-6-14)16(21-2)22-10-13-4-7-23(11-13)12-17(18,19)20;/h13-14H,3-12H2,1-2H3,(H,21,22);1H. The summed E-state index contributed by atoms with van der Waals surface area (Å²) < 4.78 is 42.5. The second-order valence-electron chi connectivity index (χ2n) is 6.95. The first kappa shape index (κ1) is 24.3. The number of piperidine rings is 1. The van der Waals surface area contributed by atoms with Gasteiger partial charge in [-0.3, -0.25) is 14.7 Å². The predicted molar refractivity (Wildman–Crippen MR) is 108 cm³/mol. The molecular weight excluding hydrogens is 476 g/mol. The van der Waals surface area contributed by atoms with E-state index in [1.54, 1.807) is 14.0 Å². The van der Waals surface area contributed by atoms with Crippen LogP contribution in [0.25, 0.3) is 0 Å². The van der Waals surface area contributed by atoms with Gasteiger partial charge in [-0.1, -0.05) is 0 Å². The number of aliphatic imine (C=N–C) groups is 1. The van der Waals surface area contributed by atoms with Gasteiger partial charge in [0.05, 0.1) is 19.1 Å². The molecule has 2 rings (SSSR count). The molecule has 2 aliphatic heterocycles. The van der Waals surface area contributed by atoms with E-state index in [0.29, 0.717) is 39.3 Å². The van der Waals surface area contributed by atoms with E-state index < -0.39 is 12.7 Å². The average molecular weight is 506 g/mol. The molecule has 2 saturated heterocycles. The summed E-state index contributed by atoms with van der Waals surface area (Å²) in [5, 5.41) is 3.29. The smallest absolute Gasteiger partial charge is 0.401 e. The van der Waals surface area contributed by atoms with E-state index in [0.717, 1.165) is 25.2 Å². The Morgan fingerprint density at radius 3 is 2.44 bits per heavy atom. The molecule has 0 aromatic rings. The predicted octanol–water partition coefficient (Wildman–Crippen LogP) is 2.34. The van der Waals surface area contributed by atoms with Crippen molar-refractivity contribution in [3.63, 3.8) is 0 Å². The minimum Gasteiger partial charge on any atom is -0.466 e. The number of nitrogens with zero attached hydrogens (tertiary/aromatic N) is 3. The first-order valence-corrected chi connectivity index (χ1v) is 9.23. The van der Waals surface area contributed by atoms with Gasteiger partial charge in [0.1, 0.15) is 0 Å². The van der Waals surface area contributed by atoms with Crippen LogP contribution in [-0.4, -0.2) is 80.8 Å². The van der Waals surface area contributed by atoms with Crippen LogP contribution < -0.4 is 5.32 Å². The number of halogens is 4. The van der Waals surface area contributed by atoms with Crippen molar-refractivity contribution in [2.75, 3.05) is 52.9 Å². The molecular formula is C17H30F3IN4O2. The van der Waals surface area contributed by atoms with Crippen LogP contribution in [0.1, 0.15) is 26.2 Å². The molecule has 2 heterocycles. The summed E-state index contributed by atoms with van der Waals surface area (Å²) in [5.41, 5.74) is 0. The second kappa shape index (κ2) is 11.3. The third kappa shape index (κ3) is 8.00. The minimum absolute atomic E-state index is 0. The van der Waals surface area contributed by atoms with Gasteiger partial charge in [0, 0.05) is 33.2 Å².